The van der Waals surface area contributed by atoms with Gasteiger partial charge in [-0.25, -0.2) is 0 Å². The van der Waals surface area contributed by atoms with Crippen LogP contribution in [-0.2, 0) is 0 Å². The van der Waals surface area contributed by atoms with Gasteiger partial charge in [0, 0.05) is 31.7 Å². The number of piperidine rings is 1. The summed E-state index contributed by atoms with van der Waals surface area (Å²) < 4.78 is 0. The number of nitrogens with one attached hydrogen (secondary N) is 1. The van der Waals surface area contributed by atoms with E-state index in [-0.39, 0.29) is 0 Å². The topological polar surface area (TPSA) is 18.5 Å². The van der Waals surface area contributed by atoms with Crippen molar-refractivity contribution in [3.8, 4) is 0 Å². The molecule has 1 heterocycles. The highest BCUT2D eigenvalue weighted by Crippen LogP contribution is 2.12. The summed E-state index contributed by atoms with van der Waals surface area (Å²) >= 11 is 0. The summed E-state index contributed by atoms with van der Waals surface area (Å²) in [6.07, 6.45) is 3.88. The summed E-state index contributed by atoms with van der Waals surface area (Å²) in [5.41, 5.74) is 0. The summed E-state index contributed by atoms with van der Waals surface area (Å²) in [5, 5.41) is 3.74. The van der Waals surface area contributed by atoms with Crippen molar-refractivity contribution in [3.05, 3.63) is 0 Å². The summed E-state index contributed by atoms with van der Waals surface area (Å²) in [6, 6.07) is 1.45. The summed E-state index contributed by atoms with van der Waals surface area (Å²) in [7, 11) is 2.24. The molecule has 0 radical (unpaired) electrons. The Morgan fingerprint density at radius 1 is 1.21 bits per heavy atom. The van der Waals surface area contributed by atoms with Gasteiger partial charge in [-0.2, -0.15) is 0 Å². The third kappa shape index (κ3) is 6.73. The minimum atomic E-state index is 0.703. The smallest absolute Gasteiger partial charge is 0.0107 e. The number of nitrogens with zero attached hydrogens (tertiary/aromatic N) is 2. The molecule has 1 unspecified atom stereocenters. The predicted octanol–water partition coefficient (Wildman–Crippen LogP) is 2.43. The molecule has 3 heteroatoms. The van der Waals surface area contributed by atoms with Crippen LogP contribution >= 0.6 is 0 Å². The van der Waals surface area contributed by atoms with Crippen molar-refractivity contribution < 1.29 is 0 Å². The molecule has 114 valence electrons. The number of rotatable bonds is 8. The van der Waals surface area contributed by atoms with Crippen LogP contribution in [-0.4, -0.2) is 61.7 Å². The van der Waals surface area contributed by atoms with Gasteiger partial charge in [0.2, 0.25) is 0 Å². The second-order valence-corrected chi connectivity index (χ2v) is 6.66. The Kier molecular flexibility index (Phi) is 7.96. The second-order valence-electron chi connectivity index (χ2n) is 6.66. The van der Waals surface area contributed by atoms with Gasteiger partial charge in [-0.1, -0.05) is 20.8 Å². The van der Waals surface area contributed by atoms with Gasteiger partial charge >= 0.3 is 0 Å². The van der Waals surface area contributed by atoms with Crippen molar-refractivity contribution in [1.82, 2.24) is 15.1 Å². The van der Waals surface area contributed by atoms with E-state index in [1.807, 2.05) is 0 Å². The van der Waals surface area contributed by atoms with Crippen LogP contribution in [0.15, 0.2) is 0 Å². The van der Waals surface area contributed by atoms with Crippen molar-refractivity contribution in [2.45, 2.75) is 59.0 Å². The molecule has 19 heavy (non-hydrogen) atoms. The van der Waals surface area contributed by atoms with Gasteiger partial charge in [0.05, 0.1) is 0 Å². The molecule has 1 rings (SSSR count). The first-order chi connectivity index (χ1) is 9.02. The summed E-state index contributed by atoms with van der Waals surface area (Å²) in [5.74, 6) is 0.800. The standard InChI is InChI=1S/C16H35N3/c1-6-15(4)18(5)12-9-17-16-7-10-19(11-8-16)13-14(2)3/h14-17H,6-13H2,1-5H3. The molecule has 0 bridgehead atoms. The maximum absolute atomic E-state index is 3.74. The van der Waals surface area contributed by atoms with E-state index in [2.05, 4.69) is 49.9 Å². The maximum atomic E-state index is 3.74. The predicted molar refractivity (Wildman–Crippen MR) is 84.7 cm³/mol. The van der Waals surface area contributed by atoms with Crippen LogP contribution in [0.1, 0.15) is 47.0 Å². The maximum Gasteiger partial charge on any atom is 0.0107 e. The lowest BCUT2D eigenvalue weighted by Gasteiger charge is -2.34. The minimum Gasteiger partial charge on any atom is -0.313 e. The van der Waals surface area contributed by atoms with E-state index in [1.165, 1.54) is 45.4 Å². The molecule has 1 aliphatic heterocycles. The second kappa shape index (κ2) is 8.93. The van der Waals surface area contributed by atoms with Crippen LogP contribution in [0.2, 0.25) is 0 Å². The lowest BCUT2D eigenvalue weighted by molar-refractivity contribution is 0.175. The van der Waals surface area contributed by atoms with Crippen LogP contribution in [0.3, 0.4) is 0 Å². The summed E-state index contributed by atoms with van der Waals surface area (Å²) in [4.78, 5) is 5.08. The van der Waals surface area contributed by atoms with E-state index in [1.54, 1.807) is 0 Å². The molecular formula is C16H35N3. The molecule has 0 spiro atoms. The highest BCUT2D eigenvalue weighted by Gasteiger charge is 2.19. The molecule has 1 atom stereocenters. The third-order valence-corrected chi connectivity index (χ3v) is 4.45. The van der Waals surface area contributed by atoms with Gasteiger partial charge in [-0.3, -0.25) is 0 Å². The molecule has 0 aromatic heterocycles. The summed E-state index contributed by atoms with van der Waals surface area (Å²) in [6.45, 7) is 15.3. The molecule has 0 saturated carbocycles. The van der Waals surface area contributed by atoms with Crippen molar-refractivity contribution in [2.75, 3.05) is 39.8 Å². The Morgan fingerprint density at radius 3 is 2.37 bits per heavy atom. The average molecular weight is 269 g/mol. The lowest BCUT2D eigenvalue weighted by Crippen LogP contribution is -2.45. The highest BCUT2D eigenvalue weighted by atomic mass is 15.2. The van der Waals surface area contributed by atoms with Crippen LogP contribution < -0.4 is 5.32 Å². The largest absolute Gasteiger partial charge is 0.313 e. The zero-order valence-corrected chi connectivity index (χ0v) is 13.8. The number of hydrogen-bond acceptors (Lipinski definition) is 3. The molecular weight excluding hydrogens is 234 g/mol. The Morgan fingerprint density at radius 2 is 1.84 bits per heavy atom. The zero-order valence-electron chi connectivity index (χ0n) is 13.8. The van der Waals surface area contributed by atoms with Crippen LogP contribution in [0.25, 0.3) is 0 Å². The Labute approximate surface area is 120 Å². The number of likely N-dealkylation sites (N-methyl/N-ethyl adjacent to an activating group) is 1. The fourth-order valence-electron chi connectivity index (χ4n) is 2.81. The quantitative estimate of drug-likeness (QED) is 0.730. The fraction of sp³-hybridized carbons (Fsp3) is 1.00. The minimum absolute atomic E-state index is 0.703. The van der Waals surface area contributed by atoms with Crippen molar-refractivity contribution in [2.24, 2.45) is 5.92 Å². The van der Waals surface area contributed by atoms with Gasteiger partial charge < -0.3 is 15.1 Å². The van der Waals surface area contributed by atoms with E-state index in [0.29, 0.717) is 6.04 Å². The van der Waals surface area contributed by atoms with Crippen molar-refractivity contribution >= 4 is 0 Å². The zero-order chi connectivity index (χ0) is 14.3. The van der Waals surface area contributed by atoms with E-state index in [9.17, 15) is 0 Å². The number of hydrogen-bond donors (Lipinski definition) is 1. The first kappa shape index (κ1) is 16.9. The van der Waals surface area contributed by atoms with Crippen LogP contribution in [0, 0.1) is 5.92 Å². The van der Waals surface area contributed by atoms with Crippen LogP contribution in [0.4, 0.5) is 0 Å². The first-order valence-corrected chi connectivity index (χ1v) is 8.18. The molecule has 0 aliphatic carbocycles. The monoisotopic (exact) mass is 269 g/mol. The van der Waals surface area contributed by atoms with Gasteiger partial charge in [0.15, 0.2) is 0 Å². The lowest BCUT2D eigenvalue weighted by atomic mass is 10.0. The molecule has 0 aromatic rings. The molecule has 1 fully saturated rings. The molecule has 1 N–H and O–H groups in total. The van der Waals surface area contributed by atoms with E-state index in [0.717, 1.165) is 18.5 Å². The Balaban J connectivity index is 2.09. The van der Waals surface area contributed by atoms with E-state index < -0.39 is 0 Å². The van der Waals surface area contributed by atoms with Gasteiger partial charge in [-0.05, 0) is 52.2 Å². The van der Waals surface area contributed by atoms with Gasteiger partial charge in [0.25, 0.3) is 0 Å². The van der Waals surface area contributed by atoms with Crippen LogP contribution in [0.5, 0.6) is 0 Å². The average Bonchev–Trinajstić information content (AvgIpc) is 2.39. The first-order valence-electron chi connectivity index (χ1n) is 8.18. The van der Waals surface area contributed by atoms with E-state index in [4.69, 9.17) is 0 Å². The molecule has 1 saturated heterocycles. The highest BCUT2D eigenvalue weighted by molar-refractivity contribution is 4.78. The van der Waals surface area contributed by atoms with Crippen molar-refractivity contribution in [3.63, 3.8) is 0 Å². The van der Waals surface area contributed by atoms with Gasteiger partial charge in [-0.15, -0.1) is 0 Å². The number of likely N-dealkylation sites (tertiary alicyclic amines) is 1. The third-order valence-electron chi connectivity index (χ3n) is 4.45. The molecule has 0 aromatic carbocycles. The van der Waals surface area contributed by atoms with Crippen molar-refractivity contribution in [1.29, 1.82) is 0 Å². The Bertz CT molecular complexity index is 222. The van der Waals surface area contributed by atoms with E-state index >= 15 is 0 Å². The fourth-order valence-corrected chi connectivity index (χ4v) is 2.81. The van der Waals surface area contributed by atoms with Gasteiger partial charge in [0.1, 0.15) is 0 Å². The molecule has 3 nitrogen and oxygen atoms in total. The Hall–Kier alpha value is -0.120. The SMILES string of the molecule is CCC(C)N(C)CCNC1CCN(CC(C)C)CC1. The molecule has 0 amide bonds. The normalized spacial score (nSPS) is 20.4. The molecule has 1 aliphatic rings.